The van der Waals surface area contributed by atoms with E-state index in [1.807, 2.05) is 0 Å². The third kappa shape index (κ3) is 4.82. The summed E-state index contributed by atoms with van der Waals surface area (Å²) in [6.07, 6.45) is 13.4. The van der Waals surface area contributed by atoms with E-state index in [0.717, 1.165) is 17.9 Å². The minimum absolute atomic E-state index is 0.279. The van der Waals surface area contributed by atoms with Crippen LogP contribution in [-0.2, 0) is 0 Å². The normalized spacial score (nSPS) is 16.0. The highest BCUT2D eigenvalue weighted by Crippen LogP contribution is 2.45. The molecular weight excluding hydrogens is 373 g/mol. The van der Waals surface area contributed by atoms with Crippen LogP contribution < -0.4 is 14.9 Å². The van der Waals surface area contributed by atoms with Crippen LogP contribution in [0.4, 0.5) is 11.4 Å². The second-order valence-corrected chi connectivity index (χ2v) is 9.68. The van der Waals surface area contributed by atoms with E-state index in [1.54, 1.807) is 7.11 Å². The van der Waals surface area contributed by atoms with Gasteiger partial charge >= 0.3 is 0 Å². The smallest absolute Gasteiger partial charge is 0.128 e. The van der Waals surface area contributed by atoms with E-state index in [2.05, 4.69) is 92.1 Å². The van der Waals surface area contributed by atoms with Gasteiger partial charge < -0.3 is 9.64 Å². The molecule has 2 aromatic rings. The van der Waals surface area contributed by atoms with Gasteiger partial charge in [0.05, 0.1) is 12.8 Å². The molecule has 2 aromatic carbocycles. The fourth-order valence-electron chi connectivity index (χ4n) is 3.90. The molecule has 0 saturated carbocycles. The first-order chi connectivity index (χ1) is 14.2. The van der Waals surface area contributed by atoms with Crippen molar-refractivity contribution >= 4 is 30.2 Å². The predicted molar refractivity (Wildman–Crippen MR) is 131 cm³/mol. The molecule has 0 fully saturated rings. The Hall–Kier alpha value is -2.31. The Morgan fingerprint density at radius 2 is 1.69 bits per heavy atom. The lowest BCUT2D eigenvalue weighted by Crippen LogP contribution is -2.25. The van der Waals surface area contributed by atoms with Crippen LogP contribution in [0, 0.1) is 0 Å². The Morgan fingerprint density at radius 3 is 2.41 bits per heavy atom. The number of ether oxygens (including phenoxy) is 1. The number of hydrogen-bond donors (Lipinski definition) is 0. The summed E-state index contributed by atoms with van der Waals surface area (Å²) in [5.74, 6) is 1.02. The van der Waals surface area contributed by atoms with Crippen molar-refractivity contribution in [3.05, 3.63) is 78.9 Å². The number of benzene rings is 2. The van der Waals surface area contributed by atoms with Gasteiger partial charge in [0.25, 0.3) is 0 Å². The van der Waals surface area contributed by atoms with Gasteiger partial charge in [0, 0.05) is 23.1 Å². The predicted octanol–water partition coefficient (Wildman–Crippen LogP) is 6.90. The summed E-state index contributed by atoms with van der Waals surface area (Å²) in [6, 6.07) is 15.1. The summed E-state index contributed by atoms with van der Waals surface area (Å²) in [7, 11) is 1.52. The van der Waals surface area contributed by atoms with Crippen LogP contribution in [0.1, 0.15) is 32.3 Å². The molecule has 0 unspecified atom stereocenters. The quantitative estimate of drug-likeness (QED) is 0.465. The summed E-state index contributed by atoms with van der Waals surface area (Å²) in [6.45, 7) is 9.70. The first kappa shape index (κ1) is 21.4. The van der Waals surface area contributed by atoms with Gasteiger partial charge in [-0.3, -0.25) is 0 Å². The molecule has 0 bridgehead atoms. The minimum Gasteiger partial charge on any atom is -0.496 e. The molecule has 0 amide bonds. The molecule has 152 valence electrons. The fraction of sp³-hybridized carbons (Fsp3) is 0.308. The molecule has 0 aliphatic carbocycles. The Bertz CT molecular complexity index is 893. The van der Waals surface area contributed by atoms with Gasteiger partial charge in [0.2, 0.25) is 0 Å². The van der Waals surface area contributed by atoms with Gasteiger partial charge in [-0.2, -0.15) is 0 Å². The van der Waals surface area contributed by atoms with Gasteiger partial charge in [-0.25, -0.2) is 0 Å². The number of para-hydroxylation sites is 1. The largest absolute Gasteiger partial charge is 0.496 e. The number of rotatable bonds is 7. The van der Waals surface area contributed by atoms with Crippen molar-refractivity contribution in [3.8, 4) is 5.75 Å². The molecular formula is C26H32NOP. The Morgan fingerprint density at radius 1 is 0.966 bits per heavy atom. The summed E-state index contributed by atoms with van der Waals surface area (Å²) in [5.41, 5.74) is 4.68. The summed E-state index contributed by atoms with van der Waals surface area (Å²) >= 11 is 0. The molecule has 29 heavy (non-hydrogen) atoms. The molecule has 1 aliphatic rings. The first-order valence-corrected chi connectivity index (χ1v) is 12.2. The maximum atomic E-state index is 5.88. The average Bonchev–Trinajstić information content (AvgIpc) is 2.82. The molecule has 3 heteroatoms. The van der Waals surface area contributed by atoms with Crippen LogP contribution >= 0.6 is 7.92 Å². The minimum atomic E-state index is -0.279. The van der Waals surface area contributed by atoms with Gasteiger partial charge in [0.15, 0.2) is 0 Å². The number of anilines is 2. The number of nitrogens with zero attached hydrogens (tertiary/aromatic N) is 1. The third-order valence-electron chi connectivity index (χ3n) is 5.17. The topological polar surface area (TPSA) is 12.5 Å². The van der Waals surface area contributed by atoms with E-state index >= 15 is 0 Å². The van der Waals surface area contributed by atoms with Gasteiger partial charge in [0.1, 0.15) is 5.75 Å². The van der Waals surface area contributed by atoms with E-state index in [-0.39, 0.29) is 7.92 Å². The Kier molecular flexibility index (Phi) is 7.72. The van der Waals surface area contributed by atoms with E-state index in [1.165, 1.54) is 47.4 Å². The van der Waals surface area contributed by atoms with Crippen LogP contribution in [0.3, 0.4) is 0 Å². The van der Waals surface area contributed by atoms with Crippen molar-refractivity contribution in [1.82, 2.24) is 0 Å². The number of fused-ring (bicyclic) bond motifs is 1. The number of methoxy groups -OCH3 is 1. The van der Waals surface area contributed by atoms with Crippen LogP contribution in [0.25, 0.3) is 5.57 Å². The molecule has 0 atom stereocenters. The number of hydrogen-bond acceptors (Lipinski definition) is 2. The monoisotopic (exact) mass is 405 g/mol. The van der Waals surface area contributed by atoms with Gasteiger partial charge in [-0.05, 0) is 36.1 Å². The second-order valence-electron chi connectivity index (χ2n) is 7.26. The molecule has 2 nitrogen and oxygen atoms in total. The SMILES string of the molecule is C=C1/C=C\C=C/CN(c2cccc(OC)c2P(CCC)CCC)c2ccccc21. The van der Waals surface area contributed by atoms with Crippen molar-refractivity contribution in [2.75, 3.05) is 30.9 Å². The summed E-state index contributed by atoms with van der Waals surface area (Å²) in [5, 5.41) is 1.40. The first-order valence-electron chi connectivity index (χ1n) is 10.5. The summed E-state index contributed by atoms with van der Waals surface area (Å²) in [4.78, 5) is 2.43. The molecule has 3 rings (SSSR count). The molecule has 1 heterocycles. The zero-order chi connectivity index (χ0) is 20.6. The Labute approximate surface area is 177 Å². The lowest BCUT2D eigenvalue weighted by Gasteiger charge is -2.32. The van der Waals surface area contributed by atoms with E-state index in [9.17, 15) is 0 Å². The van der Waals surface area contributed by atoms with Crippen molar-refractivity contribution < 1.29 is 4.74 Å². The van der Waals surface area contributed by atoms with E-state index in [4.69, 9.17) is 4.74 Å². The van der Waals surface area contributed by atoms with Crippen molar-refractivity contribution in [2.24, 2.45) is 0 Å². The van der Waals surface area contributed by atoms with Crippen molar-refractivity contribution in [2.45, 2.75) is 26.7 Å². The molecule has 0 aromatic heterocycles. The maximum absolute atomic E-state index is 5.88. The zero-order valence-corrected chi connectivity index (χ0v) is 18.8. The Balaban J connectivity index is 2.21. The van der Waals surface area contributed by atoms with E-state index < -0.39 is 0 Å². The molecule has 0 spiro atoms. The van der Waals surface area contributed by atoms with Gasteiger partial charge in [-0.15, -0.1) is 0 Å². The second kappa shape index (κ2) is 10.5. The molecule has 0 saturated heterocycles. The van der Waals surface area contributed by atoms with E-state index in [0.29, 0.717) is 0 Å². The average molecular weight is 406 g/mol. The van der Waals surface area contributed by atoms with Crippen LogP contribution in [-0.4, -0.2) is 26.0 Å². The highest BCUT2D eigenvalue weighted by atomic mass is 31.1. The third-order valence-corrected chi connectivity index (χ3v) is 8.22. The molecule has 1 aliphatic heterocycles. The lowest BCUT2D eigenvalue weighted by atomic mass is 10.0. The van der Waals surface area contributed by atoms with Crippen LogP contribution in [0.2, 0.25) is 0 Å². The van der Waals surface area contributed by atoms with Crippen molar-refractivity contribution in [1.29, 1.82) is 0 Å². The zero-order valence-electron chi connectivity index (χ0n) is 17.9. The summed E-state index contributed by atoms with van der Waals surface area (Å²) < 4.78 is 5.88. The maximum Gasteiger partial charge on any atom is 0.128 e. The highest BCUT2D eigenvalue weighted by molar-refractivity contribution is 7.66. The highest BCUT2D eigenvalue weighted by Gasteiger charge is 2.24. The fourth-order valence-corrected chi connectivity index (χ4v) is 6.65. The van der Waals surface area contributed by atoms with Gasteiger partial charge in [-0.1, -0.05) is 89.8 Å². The lowest BCUT2D eigenvalue weighted by molar-refractivity contribution is 0.418. The van der Waals surface area contributed by atoms with Crippen LogP contribution in [0.15, 0.2) is 73.3 Å². The van der Waals surface area contributed by atoms with Crippen LogP contribution in [0.5, 0.6) is 5.75 Å². The van der Waals surface area contributed by atoms with Crippen molar-refractivity contribution in [3.63, 3.8) is 0 Å². The number of allylic oxidation sites excluding steroid dienone is 4. The molecule has 0 radical (unpaired) electrons. The standard InChI is InChI=1S/C26H32NOP/c1-5-19-29(20-6-2)26-24(16-12-17-25(26)28-4)27-18-11-7-8-13-21(3)22-14-9-10-15-23(22)27/h7-17H,3,5-6,18-20H2,1-2,4H3/b11-7-,13-8-. The molecule has 0 N–H and O–H groups in total.